The number of ether oxygens (including phenoxy) is 1. The number of rotatable bonds is 8. The third-order valence-corrected chi connectivity index (χ3v) is 8.33. The Labute approximate surface area is 269 Å². The summed E-state index contributed by atoms with van der Waals surface area (Å²) in [7, 11) is -0.523. The van der Waals surface area contributed by atoms with Crippen molar-refractivity contribution in [3.8, 4) is 16.9 Å². The molecule has 3 N–H and O–H groups in total. The van der Waals surface area contributed by atoms with Gasteiger partial charge in [0.05, 0.1) is 46.6 Å². The lowest BCUT2D eigenvalue weighted by atomic mass is 10.0. The Balaban J connectivity index is 1.39. The number of benzene rings is 2. The SMILES string of the molecule is COc1cc2c(cc1Nc1ncc(Br)c(Nc3ccc4nccnc4c3NS(C)(=O)=O)n1)-c1cnn(C)c1CCN2CC(F)(F)F. The molecule has 0 amide bonds. The Bertz CT molecular complexity index is 2070. The van der Waals surface area contributed by atoms with Crippen LogP contribution in [-0.4, -0.2) is 70.8 Å². The fourth-order valence-electron chi connectivity index (χ4n) is 5.23. The maximum atomic E-state index is 13.6. The zero-order valence-corrected chi connectivity index (χ0v) is 26.9. The normalized spacial score (nSPS) is 13.2. The van der Waals surface area contributed by atoms with Crippen LogP contribution in [0.25, 0.3) is 22.2 Å². The number of methoxy groups -OCH3 is 1. The Morgan fingerprint density at radius 1 is 1.04 bits per heavy atom. The van der Waals surface area contributed by atoms with Gasteiger partial charge in [-0.3, -0.25) is 19.4 Å². The van der Waals surface area contributed by atoms with Gasteiger partial charge in [0.1, 0.15) is 23.6 Å². The van der Waals surface area contributed by atoms with Crippen molar-refractivity contribution in [2.45, 2.75) is 12.6 Å². The minimum atomic E-state index is -4.42. The summed E-state index contributed by atoms with van der Waals surface area (Å²) in [5, 5.41) is 10.6. The first-order valence-corrected chi connectivity index (χ1v) is 16.3. The molecule has 0 saturated heterocycles. The molecule has 6 rings (SSSR count). The van der Waals surface area contributed by atoms with Crippen LogP contribution in [0.5, 0.6) is 5.75 Å². The Hall–Kier alpha value is -4.71. The second-order valence-corrected chi connectivity index (χ2v) is 13.0. The maximum absolute atomic E-state index is 13.6. The number of hydrogen-bond donors (Lipinski definition) is 3. The van der Waals surface area contributed by atoms with Gasteiger partial charge in [-0.15, -0.1) is 0 Å². The lowest BCUT2D eigenvalue weighted by Crippen LogP contribution is -2.35. The molecule has 1 aliphatic rings. The second kappa shape index (κ2) is 11.9. The van der Waals surface area contributed by atoms with Gasteiger partial charge in [0, 0.05) is 67.2 Å². The minimum absolute atomic E-state index is 0.120. The van der Waals surface area contributed by atoms with Crippen molar-refractivity contribution in [1.29, 1.82) is 0 Å². The zero-order chi connectivity index (χ0) is 32.8. The number of sulfonamides is 1. The van der Waals surface area contributed by atoms with Gasteiger partial charge in [-0.05, 0) is 34.1 Å². The van der Waals surface area contributed by atoms with Crippen molar-refractivity contribution < 1.29 is 26.3 Å². The molecule has 13 nitrogen and oxygen atoms in total. The average molecular weight is 720 g/mol. The van der Waals surface area contributed by atoms with Crippen LogP contribution < -0.4 is 25.0 Å². The van der Waals surface area contributed by atoms with Crippen LogP contribution in [-0.2, 0) is 23.5 Å². The highest BCUT2D eigenvalue weighted by atomic mass is 79.9. The van der Waals surface area contributed by atoms with E-state index in [2.05, 4.69) is 56.3 Å². The summed E-state index contributed by atoms with van der Waals surface area (Å²) in [5.41, 5.74) is 4.13. The van der Waals surface area contributed by atoms with Gasteiger partial charge in [0.2, 0.25) is 16.0 Å². The molecule has 0 fully saturated rings. The van der Waals surface area contributed by atoms with Gasteiger partial charge in [-0.2, -0.15) is 23.3 Å². The summed E-state index contributed by atoms with van der Waals surface area (Å²) in [5.74, 6) is 0.665. The highest BCUT2D eigenvalue weighted by Crippen LogP contribution is 2.44. The van der Waals surface area contributed by atoms with Crippen LogP contribution in [0.3, 0.4) is 0 Å². The van der Waals surface area contributed by atoms with E-state index < -0.39 is 22.7 Å². The number of hydrogen-bond acceptors (Lipinski definition) is 11. The molecule has 240 valence electrons. The Morgan fingerprint density at radius 2 is 1.83 bits per heavy atom. The second-order valence-electron chi connectivity index (χ2n) is 10.4. The van der Waals surface area contributed by atoms with Crippen LogP contribution in [0.1, 0.15) is 5.69 Å². The zero-order valence-electron chi connectivity index (χ0n) is 24.5. The van der Waals surface area contributed by atoms with Crippen LogP contribution in [0.15, 0.2) is 53.5 Å². The summed E-state index contributed by atoms with van der Waals surface area (Å²) in [6.45, 7) is -0.991. The number of nitrogens with one attached hydrogen (secondary N) is 3. The first-order valence-electron chi connectivity index (χ1n) is 13.6. The monoisotopic (exact) mass is 718 g/mol. The summed E-state index contributed by atoms with van der Waals surface area (Å²) < 4.78 is 75.4. The topological polar surface area (TPSA) is 152 Å². The fraction of sp³-hybridized carbons (Fsp3) is 0.250. The highest BCUT2D eigenvalue weighted by Gasteiger charge is 2.34. The van der Waals surface area contributed by atoms with Crippen molar-refractivity contribution in [2.75, 3.05) is 46.7 Å². The molecule has 0 aliphatic carbocycles. The van der Waals surface area contributed by atoms with Gasteiger partial charge in [0.15, 0.2) is 0 Å². The van der Waals surface area contributed by atoms with Crippen molar-refractivity contribution >= 4 is 71.5 Å². The van der Waals surface area contributed by atoms with E-state index >= 15 is 0 Å². The molecule has 46 heavy (non-hydrogen) atoms. The molecule has 4 heterocycles. The van der Waals surface area contributed by atoms with Crippen molar-refractivity contribution in [1.82, 2.24) is 29.7 Å². The van der Waals surface area contributed by atoms with E-state index in [0.29, 0.717) is 50.1 Å². The number of fused-ring (bicyclic) bond motifs is 4. The molecule has 0 atom stereocenters. The highest BCUT2D eigenvalue weighted by molar-refractivity contribution is 9.10. The van der Waals surface area contributed by atoms with Crippen molar-refractivity contribution in [3.05, 3.63) is 59.2 Å². The molecule has 0 saturated carbocycles. The molecule has 2 aromatic carbocycles. The minimum Gasteiger partial charge on any atom is -0.494 e. The summed E-state index contributed by atoms with van der Waals surface area (Å²) >= 11 is 3.43. The fourth-order valence-corrected chi connectivity index (χ4v) is 6.10. The number of nitrogens with zero attached hydrogens (tertiary/aromatic N) is 7. The van der Waals surface area contributed by atoms with Crippen LogP contribution >= 0.6 is 15.9 Å². The lowest BCUT2D eigenvalue weighted by Gasteiger charge is -2.27. The van der Waals surface area contributed by atoms with Crippen molar-refractivity contribution in [2.24, 2.45) is 7.05 Å². The van der Waals surface area contributed by atoms with E-state index in [1.165, 1.54) is 30.6 Å². The van der Waals surface area contributed by atoms with Gasteiger partial charge in [0.25, 0.3) is 0 Å². The molecule has 1 aliphatic heterocycles. The first kappa shape index (κ1) is 31.3. The predicted octanol–water partition coefficient (Wildman–Crippen LogP) is 5.37. The van der Waals surface area contributed by atoms with Crippen molar-refractivity contribution in [3.63, 3.8) is 0 Å². The number of halogens is 4. The molecule has 18 heteroatoms. The van der Waals surface area contributed by atoms with E-state index in [4.69, 9.17) is 4.74 Å². The number of alkyl halides is 3. The Kier molecular flexibility index (Phi) is 8.09. The van der Waals surface area contributed by atoms with E-state index in [9.17, 15) is 21.6 Å². The quantitative estimate of drug-likeness (QED) is 0.190. The van der Waals surface area contributed by atoms with E-state index in [-0.39, 0.29) is 29.7 Å². The first-order chi connectivity index (χ1) is 21.8. The molecular weight excluding hydrogens is 693 g/mol. The molecule has 0 bridgehead atoms. The maximum Gasteiger partial charge on any atom is 0.405 e. The van der Waals surface area contributed by atoms with Crippen LogP contribution in [0.4, 0.5) is 47.7 Å². The molecular formula is C28H26BrF3N10O3S. The van der Waals surface area contributed by atoms with Crippen LogP contribution in [0.2, 0.25) is 0 Å². The Morgan fingerprint density at radius 3 is 2.57 bits per heavy atom. The van der Waals surface area contributed by atoms with Gasteiger partial charge >= 0.3 is 6.18 Å². The molecule has 5 aromatic rings. The average Bonchev–Trinajstić information content (AvgIpc) is 3.29. The largest absolute Gasteiger partial charge is 0.494 e. The summed E-state index contributed by atoms with van der Waals surface area (Å²) in [6.07, 6.45) is 3.05. The standard InChI is InChI=1S/C28H26BrF3N10O3S/c1-41-21-6-9-42(14-28(30,31)32)22-11-23(45-2)20(10-15(22)16(21)12-36-41)38-27-35-13-17(29)26(39-27)37-19-5-4-18-24(34-8-7-33-18)25(19)40-46(3,43)44/h4-5,7-8,10-13,40H,6,9,14H2,1-3H3,(H2,35,37,38,39). The number of aryl methyl sites for hydroxylation is 1. The predicted molar refractivity (Wildman–Crippen MR) is 171 cm³/mol. The van der Waals surface area contributed by atoms with E-state index in [0.717, 1.165) is 11.9 Å². The molecule has 3 aromatic heterocycles. The third kappa shape index (κ3) is 6.48. The number of anilines is 6. The summed E-state index contributed by atoms with van der Waals surface area (Å²) in [6, 6.07) is 6.57. The van der Waals surface area contributed by atoms with Crippen LogP contribution in [0, 0.1) is 0 Å². The van der Waals surface area contributed by atoms with Gasteiger partial charge in [-0.25, -0.2) is 13.4 Å². The molecule has 0 radical (unpaired) electrons. The smallest absolute Gasteiger partial charge is 0.405 e. The lowest BCUT2D eigenvalue weighted by molar-refractivity contribution is -0.119. The van der Waals surface area contributed by atoms with E-state index in [1.807, 2.05) is 0 Å². The number of aromatic nitrogens is 6. The summed E-state index contributed by atoms with van der Waals surface area (Å²) in [4.78, 5) is 18.8. The third-order valence-electron chi connectivity index (χ3n) is 7.17. The molecule has 0 spiro atoms. The van der Waals surface area contributed by atoms with Gasteiger partial charge < -0.3 is 20.3 Å². The van der Waals surface area contributed by atoms with Gasteiger partial charge in [-0.1, -0.05) is 0 Å². The molecule has 0 unspecified atom stereocenters. The van der Waals surface area contributed by atoms with E-state index in [1.54, 1.807) is 42.2 Å².